The molecule has 152 valence electrons. The summed E-state index contributed by atoms with van der Waals surface area (Å²) >= 11 is 0.992. The Morgan fingerprint density at radius 3 is 2.79 bits per heavy atom. The number of halogens is 3. The van der Waals surface area contributed by atoms with Crippen molar-refractivity contribution in [1.82, 2.24) is 20.5 Å². The molecule has 0 radical (unpaired) electrons. The molecule has 1 aliphatic rings. The second-order valence-corrected chi connectivity index (χ2v) is 7.70. The number of hydrogen-bond acceptors (Lipinski definition) is 4. The fourth-order valence-corrected chi connectivity index (χ4v) is 3.97. The van der Waals surface area contributed by atoms with Gasteiger partial charge in [-0.15, -0.1) is 11.3 Å². The maximum absolute atomic E-state index is 12.7. The lowest BCUT2D eigenvalue weighted by Crippen LogP contribution is -2.50. The van der Waals surface area contributed by atoms with E-state index in [1.807, 2.05) is 18.2 Å². The average Bonchev–Trinajstić information content (AvgIpc) is 3.16. The molecule has 28 heavy (non-hydrogen) atoms. The summed E-state index contributed by atoms with van der Waals surface area (Å²) in [7, 11) is 1.66. The Morgan fingerprint density at radius 2 is 2.11 bits per heavy atom. The summed E-state index contributed by atoms with van der Waals surface area (Å²) in [6, 6.07) is 10.6. The molecule has 1 saturated heterocycles. The van der Waals surface area contributed by atoms with Crippen molar-refractivity contribution in [2.75, 3.05) is 20.1 Å². The molecule has 0 bridgehead atoms. The highest BCUT2D eigenvalue weighted by Gasteiger charge is 2.33. The van der Waals surface area contributed by atoms with Gasteiger partial charge in [0.2, 0.25) is 0 Å². The van der Waals surface area contributed by atoms with Crippen molar-refractivity contribution >= 4 is 17.3 Å². The summed E-state index contributed by atoms with van der Waals surface area (Å²) in [5.41, 5.74) is 0.441. The van der Waals surface area contributed by atoms with E-state index in [-0.39, 0.29) is 12.6 Å². The summed E-state index contributed by atoms with van der Waals surface area (Å²) in [5, 5.41) is 7.86. The maximum atomic E-state index is 12.7. The molecule has 0 spiro atoms. The van der Waals surface area contributed by atoms with E-state index in [0.29, 0.717) is 11.0 Å². The van der Waals surface area contributed by atoms with Gasteiger partial charge in [-0.05, 0) is 24.9 Å². The lowest BCUT2D eigenvalue weighted by Gasteiger charge is -2.33. The van der Waals surface area contributed by atoms with Crippen LogP contribution < -0.4 is 10.6 Å². The Morgan fingerprint density at radius 1 is 1.32 bits per heavy atom. The van der Waals surface area contributed by atoms with E-state index in [4.69, 9.17) is 0 Å². The first kappa shape index (κ1) is 20.6. The summed E-state index contributed by atoms with van der Waals surface area (Å²) < 4.78 is 38.0. The number of rotatable bonds is 5. The standard InChI is InChI=1S/C19H24F3N5S/c1-23-18(24-10-17-26-16(13-28-17)19(20,21)22)25-15-8-5-9-27(12-15)11-14-6-3-2-4-7-14/h2-4,6-7,13,15H,5,8-12H2,1H3,(H2,23,24,25). The van der Waals surface area contributed by atoms with Gasteiger partial charge in [-0.25, -0.2) is 4.98 Å². The van der Waals surface area contributed by atoms with Gasteiger partial charge in [-0.3, -0.25) is 9.89 Å². The normalized spacial score (nSPS) is 18.9. The molecule has 1 aromatic carbocycles. The molecule has 5 nitrogen and oxygen atoms in total. The van der Waals surface area contributed by atoms with Crippen molar-refractivity contribution in [3.05, 3.63) is 52.0 Å². The molecular formula is C19H24F3N5S. The molecule has 1 atom stereocenters. The number of aromatic nitrogens is 1. The van der Waals surface area contributed by atoms with E-state index in [0.717, 1.165) is 49.2 Å². The van der Waals surface area contributed by atoms with Gasteiger partial charge < -0.3 is 10.6 Å². The lowest BCUT2D eigenvalue weighted by molar-refractivity contribution is -0.140. The maximum Gasteiger partial charge on any atom is 0.434 e. The quantitative estimate of drug-likeness (QED) is 0.584. The van der Waals surface area contributed by atoms with Gasteiger partial charge in [0.15, 0.2) is 11.7 Å². The van der Waals surface area contributed by atoms with Crippen LogP contribution in [0.1, 0.15) is 29.1 Å². The van der Waals surface area contributed by atoms with Crippen molar-refractivity contribution in [2.24, 2.45) is 4.99 Å². The topological polar surface area (TPSA) is 52.6 Å². The van der Waals surface area contributed by atoms with Gasteiger partial charge >= 0.3 is 6.18 Å². The van der Waals surface area contributed by atoms with Crippen LogP contribution in [0.15, 0.2) is 40.7 Å². The monoisotopic (exact) mass is 411 g/mol. The van der Waals surface area contributed by atoms with Crippen molar-refractivity contribution in [1.29, 1.82) is 0 Å². The van der Waals surface area contributed by atoms with Crippen molar-refractivity contribution in [2.45, 2.75) is 38.1 Å². The third-order valence-corrected chi connectivity index (χ3v) is 5.42. The van der Waals surface area contributed by atoms with Gasteiger partial charge in [0.25, 0.3) is 0 Å². The number of hydrogen-bond donors (Lipinski definition) is 2. The highest BCUT2D eigenvalue weighted by Crippen LogP contribution is 2.29. The van der Waals surface area contributed by atoms with Gasteiger partial charge in [0.1, 0.15) is 5.01 Å². The van der Waals surface area contributed by atoms with E-state index in [1.54, 1.807) is 7.05 Å². The van der Waals surface area contributed by atoms with Crippen LogP contribution in [0.25, 0.3) is 0 Å². The van der Waals surface area contributed by atoms with E-state index in [1.165, 1.54) is 5.56 Å². The zero-order chi connectivity index (χ0) is 20.0. The molecule has 0 saturated carbocycles. The van der Waals surface area contributed by atoms with Crippen molar-refractivity contribution in [3.8, 4) is 0 Å². The van der Waals surface area contributed by atoms with Crippen LogP contribution in [0.5, 0.6) is 0 Å². The average molecular weight is 411 g/mol. The van der Waals surface area contributed by atoms with Gasteiger partial charge in [-0.2, -0.15) is 13.2 Å². The van der Waals surface area contributed by atoms with Crippen LogP contribution in [-0.2, 0) is 19.3 Å². The second kappa shape index (κ2) is 9.38. The number of piperidine rings is 1. The summed E-state index contributed by atoms with van der Waals surface area (Å²) in [4.78, 5) is 10.2. The number of benzene rings is 1. The molecule has 2 N–H and O–H groups in total. The third-order valence-electron chi connectivity index (χ3n) is 4.57. The second-order valence-electron chi connectivity index (χ2n) is 6.75. The lowest BCUT2D eigenvalue weighted by atomic mass is 10.0. The highest BCUT2D eigenvalue weighted by molar-refractivity contribution is 7.09. The minimum Gasteiger partial charge on any atom is -0.352 e. The number of likely N-dealkylation sites (tertiary alicyclic amines) is 1. The molecule has 1 fully saturated rings. The molecule has 2 aromatic rings. The fourth-order valence-electron chi connectivity index (χ4n) is 3.23. The van der Waals surface area contributed by atoms with Gasteiger partial charge in [0.05, 0.1) is 6.54 Å². The third kappa shape index (κ3) is 5.93. The zero-order valence-electron chi connectivity index (χ0n) is 15.7. The molecule has 3 rings (SSSR count). The van der Waals surface area contributed by atoms with Gasteiger partial charge in [0, 0.05) is 31.6 Å². The molecule has 9 heteroatoms. The zero-order valence-corrected chi connectivity index (χ0v) is 16.5. The fraction of sp³-hybridized carbons (Fsp3) is 0.474. The number of guanidine groups is 1. The van der Waals surface area contributed by atoms with E-state index in [9.17, 15) is 13.2 Å². The molecule has 0 aliphatic carbocycles. The van der Waals surface area contributed by atoms with Crippen LogP contribution >= 0.6 is 11.3 Å². The number of alkyl halides is 3. The highest BCUT2D eigenvalue weighted by atomic mass is 32.1. The number of aliphatic imine (C=N–C) groups is 1. The largest absolute Gasteiger partial charge is 0.434 e. The Labute approximate surface area is 166 Å². The van der Waals surface area contributed by atoms with Crippen molar-refractivity contribution < 1.29 is 13.2 Å². The Balaban J connectivity index is 1.49. The minimum absolute atomic E-state index is 0.209. The first-order valence-corrected chi connectivity index (χ1v) is 10.1. The molecule has 1 aromatic heterocycles. The molecule has 1 unspecified atom stereocenters. The smallest absolute Gasteiger partial charge is 0.352 e. The SMILES string of the molecule is CN=C(NCc1nc(C(F)(F)F)cs1)NC1CCCN(Cc2ccccc2)C1. The predicted octanol–water partition coefficient (Wildman–Crippen LogP) is 3.49. The van der Waals surface area contributed by atoms with Crippen LogP contribution in [0.4, 0.5) is 13.2 Å². The number of nitrogens with one attached hydrogen (secondary N) is 2. The van der Waals surface area contributed by atoms with Crippen molar-refractivity contribution in [3.63, 3.8) is 0 Å². The van der Waals surface area contributed by atoms with Gasteiger partial charge in [-0.1, -0.05) is 30.3 Å². The summed E-state index contributed by atoms with van der Waals surface area (Å²) in [6.45, 7) is 3.06. The predicted molar refractivity (Wildman–Crippen MR) is 105 cm³/mol. The van der Waals surface area contributed by atoms with E-state index < -0.39 is 11.9 Å². The van der Waals surface area contributed by atoms with Crippen LogP contribution in [0, 0.1) is 0 Å². The number of thiazole rings is 1. The Kier molecular flexibility index (Phi) is 6.90. The first-order valence-electron chi connectivity index (χ1n) is 9.19. The van der Waals surface area contributed by atoms with E-state index in [2.05, 4.69) is 37.6 Å². The molecule has 2 heterocycles. The first-order chi connectivity index (χ1) is 13.4. The molecule has 1 aliphatic heterocycles. The summed E-state index contributed by atoms with van der Waals surface area (Å²) in [5.74, 6) is 0.579. The Bertz CT molecular complexity index is 775. The minimum atomic E-state index is -4.40. The Hall–Kier alpha value is -2.13. The number of nitrogens with zero attached hydrogens (tertiary/aromatic N) is 3. The molecule has 0 amide bonds. The summed E-state index contributed by atoms with van der Waals surface area (Å²) in [6.07, 6.45) is -2.29. The van der Waals surface area contributed by atoms with Crippen LogP contribution in [0.3, 0.4) is 0 Å². The van der Waals surface area contributed by atoms with Crippen LogP contribution in [0.2, 0.25) is 0 Å². The molecular weight excluding hydrogens is 387 g/mol. The van der Waals surface area contributed by atoms with Crippen LogP contribution in [-0.4, -0.2) is 42.0 Å². The van der Waals surface area contributed by atoms with E-state index >= 15 is 0 Å².